The molecular weight excluding hydrogens is 724 g/mol. The van der Waals surface area contributed by atoms with E-state index in [4.69, 9.17) is 23.7 Å². The monoisotopic (exact) mass is 794 g/mol. The topological polar surface area (TPSA) is 205 Å². The molecule has 5 fully saturated rings. The molecule has 0 aromatic heterocycles. The van der Waals surface area contributed by atoms with Crippen molar-refractivity contribution in [2.45, 2.75) is 181 Å². The van der Waals surface area contributed by atoms with E-state index in [0.29, 0.717) is 12.8 Å². The van der Waals surface area contributed by atoms with Gasteiger partial charge in [-0.3, -0.25) is 4.79 Å². The first kappa shape index (κ1) is 44.1. The second-order valence-electron chi connectivity index (χ2n) is 19.7. The van der Waals surface area contributed by atoms with Gasteiger partial charge in [0.1, 0.15) is 36.6 Å². The van der Waals surface area contributed by atoms with Crippen LogP contribution in [0.1, 0.15) is 107 Å². The summed E-state index contributed by atoms with van der Waals surface area (Å²) in [6, 6.07) is 0. The van der Waals surface area contributed by atoms with Crippen LogP contribution < -0.4 is 0 Å². The Morgan fingerprint density at radius 1 is 0.911 bits per heavy atom. The summed E-state index contributed by atoms with van der Waals surface area (Å²) in [6.45, 7) is 18.2. The fourth-order valence-electron chi connectivity index (χ4n) is 12.8. The molecule has 3 saturated carbocycles. The minimum atomic E-state index is -1.53. The highest BCUT2D eigenvalue weighted by Gasteiger charge is 2.72. The average molecular weight is 795 g/mol. The number of rotatable bonds is 10. The Hall–Kier alpha value is -1.49. The Balaban J connectivity index is 1.32. The molecule has 6 aliphatic rings. The number of carbonyl (C=O) groups excluding carboxylic acids is 1. The summed E-state index contributed by atoms with van der Waals surface area (Å²) in [5, 5.41) is 76.1. The van der Waals surface area contributed by atoms with Crippen LogP contribution in [0.3, 0.4) is 0 Å². The number of allylic oxidation sites excluding steroid dienone is 2. The second-order valence-corrected chi connectivity index (χ2v) is 19.7. The van der Waals surface area contributed by atoms with Gasteiger partial charge in [-0.2, -0.15) is 0 Å². The zero-order valence-electron chi connectivity index (χ0n) is 34.8. The Bertz CT molecular complexity index is 1480. The summed E-state index contributed by atoms with van der Waals surface area (Å²) in [5.41, 5.74) is 0.840. The van der Waals surface area contributed by atoms with Gasteiger partial charge in [0.15, 0.2) is 18.7 Å². The molecule has 0 radical (unpaired) electrons. The molecule has 19 atom stereocenters. The van der Waals surface area contributed by atoms with Gasteiger partial charge in [0.2, 0.25) is 0 Å². The zero-order chi connectivity index (χ0) is 41.3. The fourth-order valence-corrected chi connectivity index (χ4v) is 12.8. The third-order valence-electron chi connectivity index (χ3n) is 15.7. The maximum atomic E-state index is 12.5. The van der Waals surface area contributed by atoms with Crippen molar-refractivity contribution in [2.75, 3.05) is 13.2 Å². The summed E-state index contributed by atoms with van der Waals surface area (Å²) < 4.78 is 30.2. The molecule has 320 valence electrons. The molecule has 56 heavy (non-hydrogen) atoms. The Morgan fingerprint density at radius 2 is 1.59 bits per heavy atom. The number of ether oxygens (including phenoxy) is 5. The fraction of sp³-hybridized carbons (Fsp3) is 0.884. The van der Waals surface area contributed by atoms with Crippen molar-refractivity contribution in [1.82, 2.24) is 0 Å². The van der Waals surface area contributed by atoms with Gasteiger partial charge >= 0.3 is 5.97 Å². The predicted octanol–water partition coefficient (Wildman–Crippen LogP) is 3.13. The molecule has 6 rings (SSSR count). The van der Waals surface area contributed by atoms with Crippen molar-refractivity contribution in [1.29, 1.82) is 0 Å². The van der Waals surface area contributed by atoms with Crippen LogP contribution in [-0.4, -0.2) is 129 Å². The molecule has 0 bridgehead atoms. The lowest BCUT2D eigenvalue weighted by Crippen LogP contribution is -2.63. The molecule has 2 heterocycles. The third kappa shape index (κ3) is 7.37. The van der Waals surface area contributed by atoms with E-state index >= 15 is 0 Å². The minimum Gasteiger partial charge on any atom is -0.457 e. The van der Waals surface area contributed by atoms with Gasteiger partial charge in [-0.05, 0) is 92.8 Å². The highest BCUT2D eigenvalue weighted by atomic mass is 16.7. The van der Waals surface area contributed by atoms with Gasteiger partial charge in [0, 0.05) is 18.3 Å². The number of carbonyl (C=O) groups is 1. The minimum absolute atomic E-state index is 0.00303. The summed E-state index contributed by atoms with van der Waals surface area (Å²) in [5.74, 6) is -0.467. The summed E-state index contributed by atoms with van der Waals surface area (Å²) in [4.78, 5) is 11.8. The lowest BCUT2D eigenvalue weighted by atomic mass is 9.38. The first-order valence-electron chi connectivity index (χ1n) is 20.9. The maximum Gasteiger partial charge on any atom is 0.303 e. The molecule has 0 aromatic rings. The Morgan fingerprint density at radius 3 is 2.23 bits per heavy atom. The summed E-state index contributed by atoms with van der Waals surface area (Å²) in [6.07, 6.45) is -3.36. The van der Waals surface area contributed by atoms with Crippen LogP contribution in [0, 0.1) is 45.3 Å². The SMILES string of the molecule is CC(=O)OC1C(CO)OC(OC2CC3(C)C4C(O)C=C5C(CCC(OC6OCC(O)C(O)C6O)C5(C)C)C4(C)CCC3(C)C2C(C)CCC=C(C)C)C(O)C1O. The first-order chi connectivity index (χ1) is 26.1. The molecule has 0 amide bonds. The van der Waals surface area contributed by atoms with E-state index in [1.807, 2.05) is 6.08 Å². The van der Waals surface area contributed by atoms with Crippen molar-refractivity contribution in [2.24, 2.45) is 45.3 Å². The molecule has 19 unspecified atom stereocenters. The van der Waals surface area contributed by atoms with Gasteiger partial charge in [-0.25, -0.2) is 0 Å². The van der Waals surface area contributed by atoms with E-state index in [0.717, 1.165) is 37.7 Å². The van der Waals surface area contributed by atoms with Crippen molar-refractivity contribution >= 4 is 5.97 Å². The van der Waals surface area contributed by atoms with E-state index < -0.39 is 90.9 Å². The lowest BCUT2D eigenvalue weighted by molar-refractivity contribution is -0.317. The van der Waals surface area contributed by atoms with Gasteiger partial charge in [0.25, 0.3) is 0 Å². The lowest BCUT2D eigenvalue weighted by Gasteiger charge is -2.67. The maximum absolute atomic E-state index is 12.5. The van der Waals surface area contributed by atoms with Gasteiger partial charge in [0.05, 0.1) is 31.5 Å². The standard InChI is InChI=1S/C43H70O13/c1-21(2)11-10-12-22(3)31-28(54-39-35(51)33(49)36(53-23(4)45)29(19-44)55-39)18-43(9)37-26(46)17-25-24(41(37,7)15-16-42(31,43)8)13-14-30(40(25,5)6)56-38-34(50)32(48)27(47)20-52-38/h11,17,22,24,26-39,44,46-51H,10,12-16,18-20H2,1-9H3. The van der Waals surface area contributed by atoms with Crippen LogP contribution in [0.15, 0.2) is 23.3 Å². The van der Waals surface area contributed by atoms with Gasteiger partial charge < -0.3 is 59.4 Å². The molecule has 0 aromatic carbocycles. The normalized spacial score (nSPS) is 49.1. The van der Waals surface area contributed by atoms with Gasteiger partial charge in [-0.1, -0.05) is 64.8 Å². The van der Waals surface area contributed by atoms with Crippen LogP contribution >= 0.6 is 0 Å². The van der Waals surface area contributed by atoms with Crippen LogP contribution in [-0.2, 0) is 28.5 Å². The average Bonchev–Trinajstić information content (AvgIpc) is 3.34. The molecule has 4 aliphatic carbocycles. The van der Waals surface area contributed by atoms with E-state index in [1.54, 1.807) is 0 Å². The van der Waals surface area contributed by atoms with Crippen molar-refractivity contribution in [3.05, 3.63) is 23.3 Å². The first-order valence-corrected chi connectivity index (χ1v) is 20.9. The molecule has 2 aliphatic heterocycles. The van der Waals surface area contributed by atoms with Crippen LogP contribution in [0.2, 0.25) is 0 Å². The number of aliphatic hydroxyl groups is 7. The van der Waals surface area contributed by atoms with Crippen molar-refractivity contribution < 1.29 is 64.2 Å². The number of aliphatic hydroxyl groups excluding tert-OH is 7. The summed E-state index contributed by atoms with van der Waals surface area (Å²) in [7, 11) is 0. The largest absolute Gasteiger partial charge is 0.457 e. The highest BCUT2D eigenvalue weighted by Crippen LogP contribution is 2.75. The van der Waals surface area contributed by atoms with Crippen LogP contribution in [0.4, 0.5) is 0 Å². The Labute approximate surface area is 332 Å². The van der Waals surface area contributed by atoms with E-state index in [1.165, 1.54) is 12.5 Å². The zero-order valence-corrected chi connectivity index (χ0v) is 34.8. The molecule has 2 saturated heterocycles. The van der Waals surface area contributed by atoms with Crippen molar-refractivity contribution in [3.63, 3.8) is 0 Å². The predicted molar refractivity (Wildman–Crippen MR) is 204 cm³/mol. The van der Waals surface area contributed by atoms with Crippen LogP contribution in [0.25, 0.3) is 0 Å². The third-order valence-corrected chi connectivity index (χ3v) is 15.7. The second kappa shape index (κ2) is 16.2. The van der Waals surface area contributed by atoms with E-state index in [9.17, 15) is 40.5 Å². The molecular formula is C43H70O13. The highest BCUT2D eigenvalue weighted by molar-refractivity contribution is 5.66. The van der Waals surface area contributed by atoms with E-state index in [2.05, 4.69) is 61.5 Å². The van der Waals surface area contributed by atoms with Crippen LogP contribution in [0.5, 0.6) is 0 Å². The number of hydrogen-bond acceptors (Lipinski definition) is 13. The van der Waals surface area contributed by atoms with Crippen molar-refractivity contribution in [3.8, 4) is 0 Å². The number of fused-ring (bicyclic) bond motifs is 5. The number of esters is 1. The molecule has 13 heteroatoms. The van der Waals surface area contributed by atoms with E-state index in [-0.39, 0.29) is 47.2 Å². The Kier molecular flexibility index (Phi) is 12.7. The molecule has 13 nitrogen and oxygen atoms in total. The molecule has 7 N–H and O–H groups in total. The molecule has 0 spiro atoms. The summed E-state index contributed by atoms with van der Waals surface area (Å²) >= 11 is 0. The quantitative estimate of drug-likeness (QED) is 0.126. The number of hydrogen-bond donors (Lipinski definition) is 7. The van der Waals surface area contributed by atoms with Gasteiger partial charge in [-0.15, -0.1) is 0 Å². The smallest absolute Gasteiger partial charge is 0.303 e.